The summed E-state index contributed by atoms with van der Waals surface area (Å²) in [7, 11) is 0. The first-order valence-corrected chi connectivity index (χ1v) is 7.40. The number of pyridine rings is 1. The van der Waals surface area contributed by atoms with Gasteiger partial charge in [-0.1, -0.05) is 23.7 Å². The molecule has 1 aromatic heterocycles. The van der Waals surface area contributed by atoms with Gasteiger partial charge in [0.25, 0.3) is 0 Å². The van der Waals surface area contributed by atoms with E-state index in [0.717, 1.165) is 17.7 Å². The number of nitrogens with zero attached hydrogens (tertiary/aromatic N) is 2. The molecule has 0 atom stereocenters. The molecule has 1 aromatic carbocycles. The first kappa shape index (κ1) is 19.6. The van der Waals surface area contributed by atoms with Crippen molar-refractivity contribution in [1.29, 1.82) is 0 Å². The third-order valence-electron chi connectivity index (χ3n) is 3.09. The van der Waals surface area contributed by atoms with Crippen molar-refractivity contribution in [3.63, 3.8) is 0 Å². The average Bonchev–Trinajstić information content (AvgIpc) is 2.50. The van der Waals surface area contributed by atoms with Gasteiger partial charge in [-0.15, -0.1) is 24.0 Å². The lowest BCUT2D eigenvalue weighted by Gasteiger charge is -2.07. The number of aromatic nitrogens is 1. The van der Waals surface area contributed by atoms with Gasteiger partial charge in [0.2, 0.25) is 0 Å². The molecule has 2 aromatic rings. The number of nitrogens with one attached hydrogen (secondary N) is 1. The smallest absolute Gasteiger partial charge is 0.188 e. The van der Waals surface area contributed by atoms with Gasteiger partial charge in [0.1, 0.15) is 5.82 Å². The summed E-state index contributed by atoms with van der Waals surface area (Å²) in [5.74, 6) is 0.0477. The summed E-state index contributed by atoms with van der Waals surface area (Å²) < 4.78 is 12.9. The van der Waals surface area contributed by atoms with E-state index in [1.54, 1.807) is 12.3 Å². The molecule has 0 spiro atoms. The topological polar surface area (TPSA) is 63.3 Å². The number of hydrogen-bond donors (Lipinski definition) is 2. The SMILES string of the molecule is I.NC(=NCCc1ccccn1)NCCc1ccc(F)cc1Cl. The van der Waals surface area contributed by atoms with Gasteiger partial charge in [-0.05, 0) is 36.2 Å². The molecule has 0 bridgehead atoms. The van der Waals surface area contributed by atoms with Crippen LogP contribution in [0.1, 0.15) is 11.3 Å². The fourth-order valence-electron chi connectivity index (χ4n) is 1.94. The minimum atomic E-state index is -0.336. The molecule has 0 radical (unpaired) electrons. The number of rotatable bonds is 6. The monoisotopic (exact) mass is 448 g/mol. The number of nitrogens with two attached hydrogens (primary N) is 1. The standard InChI is InChI=1S/C16H18ClFN4.HI/c17-15-11-13(18)5-4-12(15)6-9-21-16(19)22-10-7-14-3-1-2-8-20-14;/h1-5,8,11H,6-7,9-10H2,(H3,19,21,22);1H. The Morgan fingerprint density at radius 2 is 2.09 bits per heavy atom. The van der Waals surface area contributed by atoms with Crippen molar-refractivity contribution in [1.82, 2.24) is 10.3 Å². The van der Waals surface area contributed by atoms with Crippen molar-refractivity contribution in [2.24, 2.45) is 10.7 Å². The molecule has 7 heteroatoms. The van der Waals surface area contributed by atoms with E-state index in [2.05, 4.69) is 15.3 Å². The second-order valence-electron chi connectivity index (χ2n) is 4.75. The average molecular weight is 449 g/mol. The van der Waals surface area contributed by atoms with Gasteiger partial charge in [-0.3, -0.25) is 9.98 Å². The molecule has 1 heterocycles. The maximum atomic E-state index is 12.9. The molecule has 23 heavy (non-hydrogen) atoms. The molecule has 0 aliphatic heterocycles. The largest absolute Gasteiger partial charge is 0.370 e. The van der Waals surface area contributed by atoms with E-state index in [4.69, 9.17) is 17.3 Å². The lowest BCUT2D eigenvalue weighted by Crippen LogP contribution is -2.33. The number of hydrogen-bond acceptors (Lipinski definition) is 2. The van der Waals surface area contributed by atoms with Gasteiger partial charge in [-0.2, -0.15) is 0 Å². The Morgan fingerprint density at radius 1 is 1.26 bits per heavy atom. The minimum Gasteiger partial charge on any atom is -0.370 e. The first-order valence-electron chi connectivity index (χ1n) is 7.03. The second kappa shape index (κ2) is 10.4. The van der Waals surface area contributed by atoms with Crippen LogP contribution in [0.15, 0.2) is 47.6 Å². The quantitative estimate of drug-likeness (QED) is 0.405. The Balaban J connectivity index is 0.00000264. The Bertz CT molecular complexity index is 637. The summed E-state index contributed by atoms with van der Waals surface area (Å²) in [4.78, 5) is 8.46. The van der Waals surface area contributed by atoms with E-state index in [1.165, 1.54) is 12.1 Å². The zero-order valence-electron chi connectivity index (χ0n) is 12.5. The van der Waals surface area contributed by atoms with E-state index in [9.17, 15) is 4.39 Å². The van der Waals surface area contributed by atoms with Crippen LogP contribution in [0.3, 0.4) is 0 Å². The van der Waals surface area contributed by atoms with Gasteiger partial charge in [-0.25, -0.2) is 4.39 Å². The summed E-state index contributed by atoms with van der Waals surface area (Å²) >= 11 is 5.96. The molecule has 0 unspecified atom stereocenters. The summed E-state index contributed by atoms with van der Waals surface area (Å²) in [5.41, 5.74) is 7.65. The van der Waals surface area contributed by atoms with E-state index < -0.39 is 0 Å². The molecule has 3 N–H and O–H groups in total. The van der Waals surface area contributed by atoms with Gasteiger partial charge in [0, 0.05) is 36.4 Å². The van der Waals surface area contributed by atoms with Gasteiger partial charge < -0.3 is 11.1 Å². The van der Waals surface area contributed by atoms with Gasteiger partial charge in [0.15, 0.2) is 5.96 Å². The van der Waals surface area contributed by atoms with Crippen LogP contribution >= 0.6 is 35.6 Å². The number of guanidine groups is 1. The molecule has 0 saturated heterocycles. The van der Waals surface area contributed by atoms with Crippen molar-refractivity contribution >= 4 is 41.5 Å². The third-order valence-corrected chi connectivity index (χ3v) is 3.44. The molecule has 0 saturated carbocycles. The second-order valence-corrected chi connectivity index (χ2v) is 5.16. The number of halogens is 3. The molecule has 2 rings (SSSR count). The fraction of sp³-hybridized carbons (Fsp3) is 0.250. The summed E-state index contributed by atoms with van der Waals surface area (Å²) in [6, 6.07) is 10.2. The molecule has 4 nitrogen and oxygen atoms in total. The first-order chi connectivity index (χ1) is 10.6. The zero-order chi connectivity index (χ0) is 15.8. The Kier molecular flexibility index (Phi) is 8.86. The Labute approximate surface area is 157 Å². The highest BCUT2D eigenvalue weighted by Gasteiger charge is 2.02. The van der Waals surface area contributed by atoms with E-state index in [0.29, 0.717) is 30.5 Å². The van der Waals surface area contributed by atoms with E-state index in [1.807, 2.05) is 18.2 Å². The van der Waals surface area contributed by atoms with E-state index in [-0.39, 0.29) is 29.8 Å². The molecular weight excluding hydrogens is 430 g/mol. The summed E-state index contributed by atoms with van der Waals surface area (Å²) in [6.07, 6.45) is 3.15. The van der Waals surface area contributed by atoms with Crippen molar-refractivity contribution in [3.05, 3.63) is 64.7 Å². The van der Waals surface area contributed by atoms with Crippen LogP contribution in [-0.4, -0.2) is 24.0 Å². The maximum absolute atomic E-state index is 12.9. The molecule has 0 fully saturated rings. The Hall–Kier alpha value is -1.41. The van der Waals surface area contributed by atoms with Crippen LogP contribution in [0.5, 0.6) is 0 Å². The molecule has 124 valence electrons. The highest BCUT2D eigenvalue weighted by molar-refractivity contribution is 14.0. The fourth-order valence-corrected chi connectivity index (χ4v) is 2.20. The lowest BCUT2D eigenvalue weighted by molar-refractivity contribution is 0.627. The van der Waals surface area contributed by atoms with Crippen LogP contribution < -0.4 is 11.1 Å². The Morgan fingerprint density at radius 3 is 2.78 bits per heavy atom. The van der Waals surface area contributed by atoms with Crippen molar-refractivity contribution in [2.75, 3.05) is 13.1 Å². The number of benzene rings is 1. The third kappa shape index (κ3) is 7.13. The molecule has 0 amide bonds. The van der Waals surface area contributed by atoms with Crippen LogP contribution in [0, 0.1) is 5.82 Å². The van der Waals surface area contributed by atoms with Crippen LogP contribution in [0.25, 0.3) is 0 Å². The van der Waals surface area contributed by atoms with E-state index >= 15 is 0 Å². The molecular formula is C16H19ClFIN4. The zero-order valence-corrected chi connectivity index (χ0v) is 15.6. The van der Waals surface area contributed by atoms with Gasteiger partial charge in [0.05, 0.1) is 0 Å². The highest BCUT2D eigenvalue weighted by atomic mass is 127. The van der Waals surface area contributed by atoms with Gasteiger partial charge >= 0.3 is 0 Å². The van der Waals surface area contributed by atoms with Crippen molar-refractivity contribution in [2.45, 2.75) is 12.8 Å². The maximum Gasteiger partial charge on any atom is 0.188 e. The lowest BCUT2D eigenvalue weighted by atomic mass is 10.1. The van der Waals surface area contributed by atoms with Crippen LogP contribution in [0.2, 0.25) is 5.02 Å². The predicted molar refractivity (Wildman–Crippen MR) is 103 cm³/mol. The number of aliphatic imine (C=N–C) groups is 1. The molecule has 0 aliphatic rings. The minimum absolute atomic E-state index is 0. The normalized spacial score (nSPS) is 11.0. The van der Waals surface area contributed by atoms with Crippen LogP contribution in [-0.2, 0) is 12.8 Å². The summed E-state index contributed by atoms with van der Waals surface area (Å²) in [5, 5.41) is 3.44. The highest BCUT2D eigenvalue weighted by Crippen LogP contribution is 2.17. The van der Waals surface area contributed by atoms with Crippen molar-refractivity contribution in [3.8, 4) is 0 Å². The van der Waals surface area contributed by atoms with Crippen molar-refractivity contribution < 1.29 is 4.39 Å². The predicted octanol–water partition coefficient (Wildman–Crippen LogP) is 3.18. The molecule has 0 aliphatic carbocycles. The summed E-state index contributed by atoms with van der Waals surface area (Å²) in [6.45, 7) is 1.16. The van der Waals surface area contributed by atoms with Crippen LogP contribution in [0.4, 0.5) is 4.39 Å².